The van der Waals surface area contributed by atoms with Crippen LogP contribution in [-0.4, -0.2) is 37.1 Å². The molecule has 0 saturated carbocycles. The molecule has 1 amide bonds. The molecule has 0 N–H and O–H groups in total. The highest BCUT2D eigenvalue weighted by atomic mass is 32.2. The monoisotopic (exact) mass is 358 g/mol. The van der Waals surface area contributed by atoms with Crippen molar-refractivity contribution in [3.8, 4) is 0 Å². The number of hydrogen-bond donors (Lipinski definition) is 0. The van der Waals surface area contributed by atoms with Gasteiger partial charge < -0.3 is 4.90 Å². The summed E-state index contributed by atoms with van der Waals surface area (Å²) in [7, 11) is -1.99. The second kappa shape index (κ2) is 6.98. The molecule has 1 aliphatic heterocycles. The van der Waals surface area contributed by atoms with Gasteiger partial charge in [0, 0.05) is 33.6 Å². The third-order valence-electron chi connectivity index (χ3n) is 4.59. The van der Waals surface area contributed by atoms with Crippen LogP contribution in [0.4, 0.5) is 0 Å². The summed E-state index contributed by atoms with van der Waals surface area (Å²) in [6.07, 6.45) is 0.759. The normalized spacial score (nSPS) is 14.4. The van der Waals surface area contributed by atoms with Crippen molar-refractivity contribution >= 4 is 15.9 Å². The summed E-state index contributed by atoms with van der Waals surface area (Å²) in [6.45, 7) is 3.01. The van der Waals surface area contributed by atoms with Crippen molar-refractivity contribution in [3.63, 3.8) is 0 Å². The second-order valence-electron chi connectivity index (χ2n) is 6.37. The molecule has 6 heteroatoms. The lowest BCUT2D eigenvalue weighted by molar-refractivity contribution is -0.129. The molecule has 2 aromatic carbocycles. The van der Waals surface area contributed by atoms with E-state index in [0.29, 0.717) is 19.6 Å². The predicted molar refractivity (Wildman–Crippen MR) is 96.3 cm³/mol. The SMILES string of the molecule is CC(=O)N1CCc2ccc(S(=O)(=O)N(C)Cc3ccccc3)cc2C1. The molecule has 2 aromatic rings. The lowest BCUT2D eigenvalue weighted by Gasteiger charge is -2.28. The van der Waals surface area contributed by atoms with Gasteiger partial charge in [0.15, 0.2) is 0 Å². The molecule has 25 heavy (non-hydrogen) atoms. The van der Waals surface area contributed by atoms with Gasteiger partial charge in [-0.15, -0.1) is 0 Å². The number of nitrogens with zero attached hydrogens (tertiary/aromatic N) is 2. The van der Waals surface area contributed by atoms with Crippen molar-refractivity contribution in [1.29, 1.82) is 0 Å². The molecular formula is C19H22N2O3S. The highest BCUT2D eigenvalue weighted by Gasteiger charge is 2.24. The summed E-state index contributed by atoms with van der Waals surface area (Å²) in [4.78, 5) is 13.6. The zero-order valence-corrected chi connectivity index (χ0v) is 15.3. The van der Waals surface area contributed by atoms with Gasteiger partial charge in [-0.25, -0.2) is 8.42 Å². The first kappa shape index (κ1) is 17.6. The van der Waals surface area contributed by atoms with E-state index < -0.39 is 10.0 Å². The molecule has 5 nitrogen and oxygen atoms in total. The Morgan fingerprint density at radius 1 is 1.12 bits per heavy atom. The van der Waals surface area contributed by atoms with E-state index in [1.165, 1.54) is 4.31 Å². The van der Waals surface area contributed by atoms with Crippen LogP contribution in [-0.2, 0) is 34.3 Å². The summed E-state index contributed by atoms with van der Waals surface area (Å²) in [5.41, 5.74) is 2.96. The molecule has 3 rings (SSSR count). The van der Waals surface area contributed by atoms with Crippen molar-refractivity contribution in [2.45, 2.75) is 31.3 Å². The van der Waals surface area contributed by atoms with E-state index in [1.807, 2.05) is 36.4 Å². The van der Waals surface area contributed by atoms with Crippen LogP contribution in [0.25, 0.3) is 0 Å². The molecular weight excluding hydrogens is 336 g/mol. The second-order valence-corrected chi connectivity index (χ2v) is 8.41. The average molecular weight is 358 g/mol. The summed E-state index contributed by atoms with van der Waals surface area (Å²) in [5, 5.41) is 0. The Hall–Kier alpha value is -2.18. The first-order chi connectivity index (χ1) is 11.9. The molecule has 0 atom stereocenters. The van der Waals surface area contributed by atoms with Crippen molar-refractivity contribution in [1.82, 2.24) is 9.21 Å². The summed E-state index contributed by atoms with van der Waals surface area (Å²) >= 11 is 0. The highest BCUT2D eigenvalue weighted by Crippen LogP contribution is 2.24. The van der Waals surface area contributed by atoms with Crippen LogP contribution in [0, 0.1) is 0 Å². The Morgan fingerprint density at radius 3 is 2.52 bits per heavy atom. The van der Waals surface area contributed by atoms with E-state index in [-0.39, 0.29) is 10.8 Å². The zero-order chi connectivity index (χ0) is 18.0. The van der Waals surface area contributed by atoms with Crippen LogP contribution in [0.2, 0.25) is 0 Å². The number of fused-ring (bicyclic) bond motifs is 1. The molecule has 0 radical (unpaired) electrons. The molecule has 1 aliphatic rings. The maximum absolute atomic E-state index is 12.9. The van der Waals surface area contributed by atoms with E-state index >= 15 is 0 Å². The van der Waals surface area contributed by atoms with Crippen LogP contribution in [0.3, 0.4) is 0 Å². The molecule has 0 saturated heterocycles. The highest BCUT2D eigenvalue weighted by molar-refractivity contribution is 7.89. The summed E-state index contributed by atoms with van der Waals surface area (Å²) < 4.78 is 27.1. The summed E-state index contributed by atoms with van der Waals surface area (Å²) in [5.74, 6) is 0.0140. The summed E-state index contributed by atoms with van der Waals surface area (Å²) in [6, 6.07) is 14.8. The molecule has 0 spiro atoms. The van der Waals surface area contributed by atoms with E-state index in [1.54, 1.807) is 31.0 Å². The molecule has 0 aromatic heterocycles. The van der Waals surface area contributed by atoms with Gasteiger partial charge in [0.05, 0.1) is 4.90 Å². The Morgan fingerprint density at radius 2 is 1.84 bits per heavy atom. The number of rotatable bonds is 4. The Balaban J connectivity index is 1.85. The minimum atomic E-state index is -3.58. The smallest absolute Gasteiger partial charge is 0.243 e. The molecule has 0 unspecified atom stereocenters. The number of carbonyl (C=O) groups is 1. The molecule has 0 aliphatic carbocycles. The van der Waals surface area contributed by atoms with E-state index in [9.17, 15) is 13.2 Å². The van der Waals surface area contributed by atoms with Crippen LogP contribution < -0.4 is 0 Å². The van der Waals surface area contributed by atoms with Crippen molar-refractivity contribution in [2.75, 3.05) is 13.6 Å². The van der Waals surface area contributed by atoms with Crippen LogP contribution >= 0.6 is 0 Å². The quantitative estimate of drug-likeness (QED) is 0.843. The first-order valence-corrected chi connectivity index (χ1v) is 9.69. The fraction of sp³-hybridized carbons (Fsp3) is 0.316. The molecule has 0 fully saturated rings. The van der Waals surface area contributed by atoms with E-state index in [4.69, 9.17) is 0 Å². The van der Waals surface area contributed by atoms with Gasteiger partial charge in [-0.2, -0.15) is 4.31 Å². The van der Waals surface area contributed by atoms with Crippen LogP contribution in [0.5, 0.6) is 0 Å². The number of hydrogen-bond acceptors (Lipinski definition) is 3. The average Bonchev–Trinajstić information content (AvgIpc) is 2.61. The fourth-order valence-electron chi connectivity index (χ4n) is 3.07. The van der Waals surface area contributed by atoms with Gasteiger partial charge in [-0.1, -0.05) is 36.4 Å². The van der Waals surface area contributed by atoms with E-state index in [2.05, 4.69) is 0 Å². The standard InChI is InChI=1S/C19H22N2O3S/c1-15(22)21-11-10-17-8-9-19(12-18(17)14-21)25(23,24)20(2)13-16-6-4-3-5-7-16/h3-9,12H,10-11,13-14H2,1-2H3. The van der Waals surface area contributed by atoms with Gasteiger partial charge in [0.1, 0.15) is 0 Å². The topological polar surface area (TPSA) is 57.7 Å². The van der Waals surface area contributed by atoms with Gasteiger partial charge in [-0.05, 0) is 35.2 Å². The number of amides is 1. The lowest BCUT2D eigenvalue weighted by atomic mass is 10.00. The number of carbonyl (C=O) groups excluding carboxylic acids is 1. The van der Waals surface area contributed by atoms with Gasteiger partial charge >= 0.3 is 0 Å². The largest absolute Gasteiger partial charge is 0.338 e. The Bertz CT molecular complexity index is 879. The lowest BCUT2D eigenvalue weighted by Crippen LogP contribution is -2.34. The van der Waals surface area contributed by atoms with E-state index in [0.717, 1.165) is 23.1 Å². The van der Waals surface area contributed by atoms with Crippen molar-refractivity contribution < 1.29 is 13.2 Å². The molecule has 1 heterocycles. The van der Waals surface area contributed by atoms with Crippen LogP contribution in [0.1, 0.15) is 23.6 Å². The molecule has 0 bridgehead atoms. The molecule has 132 valence electrons. The van der Waals surface area contributed by atoms with Gasteiger partial charge in [0.2, 0.25) is 15.9 Å². The third-order valence-corrected chi connectivity index (χ3v) is 6.39. The minimum absolute atomic E-state index is 0.0140. The number of sulfonamides is 1. The van der Waals surface area contributed by atoms with Crippen molar-refractivity contribution in [3.05, 3.63) is 65.2 Å². The first-order valence-electron chi connectivity index (χ1n) is 8.25. The van der Waals surface area contributed by atoms with Gasteiger partial charge in [0.25, 0.3) is 0 Å². The zero-order valence-electron chi connectivity index (χ0n) is 14.5. The Kier molecular flexibility index (Phi) is 4.92. The van der Waals surface area contributed by atoms with Crippen molar-refractivity contribution in [2.24, 2.45) is 0 Å². The number of benzene rings is 2. The predicted octanol–water partition coefficient (Wildman–Crippen LogP) is 2.41. The Labute approximate surface area is 148 Å². The fourth-order valence-corrected chi connectivity index (χ4v) is 4.28. The van der Waals surface area contributed by atoms with Crippen LogP contribution in [0.15, 0.2) is 53.4 Å². The maximum Gasteiger partial charge on any atom is 0.243 e. The minimum Gasteiger partial charge on any atom is -0.338 e. The third kappa shape index (κ3) is 3.75. The maximum atomic E-state index is 12.9. The van der Waals surface area contributed by atoms with Gasteiger partial charge in [-0.3, -0.25) is 4.79 Å².